The van der Waals surface area contributed by atoms with Gasteiger partial charge in [-0.3, -0.25) is 19.3 Å². The topological polar surface area (TPSA) is 82.6 Å². The second kappa shape index (κ2) is 10.4. The van der Waals surface area contributed by atoms with Crippen LogP contribution >= 0.6 is 11.3 Å². The van der Waals surface area contributed by atoms with Crippen molar-refractivity contribution in [1.82, 2.24) is 10.3 Å². The fourth-order valence-corrected chi connectivity index (χ4v) is 4.47. The Hall–Kier alpha value is -3.85. The van der Waals surface area contributed by atoms with E-state index in [0.717, 1.165) is 24.2 Å². The highest BCUT2D eigenvalue weighted by Gasteiger charge is 2.22. The minimum atomic E-state index is -0.524. The lowest BCUT2D eigenvalue weighted by molar-refractivity contribution is -0.117. The second-order valence-corrected chi connectivity index (χ2v) is 8.56. The molecule has 1 N–H and O–H groups in total. The summed E-state index contributed by atoms with van der Waals surface area (Å²) in [7, 11) is 0. The van der Waals surface area contributed by atoms with E-state index in [-0.39, 0.29) is 23.4 Å². The van der Waals surface area contributed by atoms with Crippen LogP contribution in [0.5, 0.6) is 0 Å². The van der Waals surface area contributed by atoms with Crippen molar-refractivity contribution in [2.24, 2.45) is 0 Å². The standard InChI is InChI=1S/C25H23FN4O3S/c1-17(31)30(22-6-3-2-5-21(22)26)25-28-19(16-34-25)10-13-23(32)27-15-18-8-11-20(12-9-18)29-14-4-7-24(29)33/h2-3,5-6,8-13,16H,4,7,14-15H2,1H3,(H,27,32)/b13-10+. The fourth-order valence-electron chi connectivity index (χ4n) is 3.62. The summed E-state index contributed by atoms with van der Waals surface area (Å²) >= 11 is 1.18. The summed E-state index contributed by atoms with van der Waals surface area (Å²) in [6, 6.07) is 13.5. The quantitative estimate of drug-likeness (QED) is 0.510. The van der Waals surface area contributed by atoms with E-state index in [2.05, 4.69) is 10.3 Å². The van der Waals surface area contributed by atoms with Gasteiger partial charge in [0.2, 0.25) is 17.7 Å². The van der Waals surface area contributed by atoms with Crippen molar-refractivity contribution in [3.63, 3.8) is 0 Å². The Morgan fingerprint density at radius 1 is 1.21 bits per heavy atom. The summed E-state index contributed by atoms with van der Waals surface area (Å²) in [5.74, 6) is -1.06. The third-order valence-electron chi connectivity index (χ3n) is 5.30. The van der Waals surface area contributed by atoms with E-state index in [9.17, 15) is 18.8 Å². The predicted molar refractivity (Wildman–Crippen MR) is 130 cm³/mol. The largest absolute Gasteiger partial charge is 0.348 e. The number of nitrogens with zero attached hydrogens (tertiary/aromatic N) is 3. The Bertz CT molecular complexity index is 1240. The van der Waals surface area contributed by atoms with Crippen LogP contribution in [0.4, 0.5) is 20.9 Å². The summed E-state index contributed by atoms with van der Waals surface area (Å²) in [4.78, 5) is 43.5. The molecule has 1 aromatic heterocycles. The number of anilines is 3. The Kier molecular flexibility index (Phi) is 7.12. The van der Waals surface area contributed by atoms with Crippen molar-refractivity contribution >= 4 is 51.6 Å². The van der Waals surface area contributed by atoms with Gasteiger partial charge in [-0.2, -0.15) is 0 Å². The smallest absolute Gasteiger partial charge is 0.244 e. The number of benzene rings is 2. The van der Waals surface area contributed by atoms with Crippen LogP contribution in [-0.4, -0.2) is 29.3 Å². The number of nitrogens with one attached hydrogen (secondary N) is 1. The van der Waals surface area contributed by atoms with Crippen LogP contribution in [0.2, 0.25) is 0 Å². The number of halogens is 1. The normalized spacial score (nSPS) is 13.5. The van der Waals surface area contributed by atoms with Gasteiger partial charge in [0.05, 0.1) is 11.4 Å². The molecule has 4 rings (SSSR count). The van der Waals surface area contributed by atoms with Crippen LogP contribution in [0.1, 0.15) is 31.0 Å². The Morgan fingerprint density at radius 2 is 1.97 bits per heavy atom. The monoisotopic (exact) mass is 478 g/mol. The van der Waals surface area contributed by atoms with Gasteiger partial charge < -0.3 is 10.2 Å². The first kappa shape index (κ1) is 23.3. The molecule has 7 nitrogen and oxygen atoms in total. The van der Waals surface area contributed by atoms with E-state index in [1.807, 2.05) is 24.3 Å². The second-order valence-electron chi connectivity index (χ2n) is 7.73. The van der Waals surface area contributed by atoms with Crippen molar-refractivity contribution in [1.29, 1.82) is 0 Å². The minimum Gasteiger partial charge on any atom is -0.348 e. The van der Waals surface area contributed by atoms with E-state index < -0.39 is 5.82 Å². The van der Waals surface area contributed by atoms with Crippen molar-refractivity contribution in [2.75, 3.05) is 16.3 Å². The SMILES string of the molecule is CC(=O)N(c1nc(/C=C/C(=O)NCc2ccc(N3CCCC3=O)cc2)cs1)c1ccccc1F. The first-order valence-corrected chi connectivity index (χ1v) is 11.7. The average Bonchev–Trinajstić information content (AvgIpc) is 3.47. The summed E-state index contributed by atoms with van der Waals surface area (Å²) in [6.45, 7) is 2.42. The molecule has 1 aliphatic heterocycles. The van der Waals surface area contributed by atoms with Crippen LogP contribution in [-0.2, 0) is 20.9 Å². The zero-order valence-corrected chi connectivity index (χ0v) is 19.3. The highest BCUT2D eigenvalue weighted by molar-refractivity contribution is 7.14. The molecule has 1 fully saturated rings. The molecule has 3 aromatic rings. The number of carbonyl (C=O) groups is 3. The van der Waals surface area contributed by atoms with Gasteiger partial charge in [0.25, 0.3) is 0 Å². The Morgan fingerprint density at radius 3 is 2.65 bits per heavy atom. The van der Waals surface area contributed by atoms with Crippen LogP contribution in [0.25, 0.3) is 6.08 Å². The first-order valence-electron chi connectivity index (χ1n) is 10.8. The van der Waals surface area contributed by atoms with E-state index in [0.29, 0.717) is 23.8 Å². The third kappa shape index (κ3) is 5.37. The number of para-hydroxylation sites is 1. The molecule has 0 unspecified atom stereocenters. The number of rotatable bonds is 7. The number of thiazole rings is 1. The van der Waals surface area contributed by atoms with Crippen molar-refractivity contribution in [3.05, 3.63) is 77.1 Å². The first-order chi connectivity index (χ1) is 16.4. The molecule has 2 heterocycles. The zero-order valence-electron chi connectivity index (χ0n) is 18.5. The molecule has 0 bridgehead atoms. The van der Waals surface area contributed by atoms with Crippen LogP contribution in [0.15, 0.2) is 60.0 Å². The molecule has 9 heteroatoms. The lowest BCUT2D eigenvalue weighted by Gasteiger charge is -2.18. The highest BCUT2D eigenvalue weighted by Crippen LogP contribution is 2.31. The van der Waals surface area contributed by atoms with Crippen LogP contribution in [0, 0.1) is 5.82 Å². The summed E-state index contributed by atoms with van der Waals surface area (Å²) < 4.78 is 14.2. The van der Waals surface area contributed by atoms with Crippen molar-refractivity contribution < 1.29 is 18.8 Å². The number of aromatic nitrogens is 1. The van der Waals surface area contributed by atoms with Gasteiger partial charge in [0.15, 0.2) is 5.13 Å². The maximum absolute atomic E-state index is 14.2. The lowest BCUT2D eigenvalue weighted by Crippen LogP contribution is -2.24. The fraction of sp³-hybridized carbons (Fsp3) is 0.200. The molecule has 1 saturated heterocycles. The Labute approximate surface area is 200 Å². The molecule has 0 saturated carbocycles. The number of carbonyl (C=O) groups excluding carboxylic acids is 3. The lowest BCUT2D eigenvalue weighted by atomic mass is 10.2. The van der Waals surface area contributed by atoms with E-state index in [1.54, 1.807) is 22.4 Å². The maximum atomic E-state index is 14.2. The maximum Gasteiger partial charge on any atom is 0.244 e. The molecule has 0 radical (unpaired) electrons. The highest BCUT2D eigenvalue weighted by atomic mass is 32.1. The molecule has 1 aliphatic rings. The molecular formula is C25H23FN4O3S. The molecule has 3 amide bonds. The van der Waals surface area contributed by atoms with Gasteiger partial charge in [0.1, 0.15) is 5.82 Å². The molecule has 0 atom stereocenters. The van der Waals surface area contributed by atoms with Gasteiger partial charge in [-0.15, -0.1) is 11.3 Å². The molecule has 2 aromatic carbocycles. The van der Waals surface area contributed by atoms with Gasteiger partial charge in [-0.25, -0.2) is 9.37 Å². The summed E-state index contributed by atoms with van der Waals surface area (Å²) in [5, 5.41) is 4.81. The van der Waals surface area contributed by atoms with Gasteiger partial charge in [-0.1, -0.05) is 24.3 Å². The van der Waals surface area contributed by atoms with Crippen molar-refractivity contribution in [2.45, 2.75) is 26.3 Å². The van der Waals surface area contributed by atoms with E-state index in [4.69, 9.17) is 0 Å². The predicted octanol–water partition coefficient (Wildman–Crippen LogP) is 4.42. The Balaban J connectivity index is 1.35. The third-order valence-corrected chi connectivity index (χ3v) is 6.15. The van der Waals surface area contributed by atoms with E-state index in [1.165, 1.54) is 47.4 Å². The van der Waals surface area contributed by atoms with Gasteiger partial charge >= 0.3 is 0 Å². The molecule has 34 heavy (non-hydrogen) atoms. The average molecular weight is 479 g/mol. The molecular weight excluding hydrogens is 455 g/mol. The van der Waals surface area contributed by atoms with Gasteiger partial charge in [-0.05, 0) is 42.3 Å². The van der Waals surface area contributed by atoms with Crippen LogP contribution < -0.4 is 15.1 Å². The molecule has 0 aliphatic carbocycles. The number of hydrogen-bond donors (Lipinski definition) is 1. The van der Waals surface area contributed by atoms with Gasteiger partial charge in [0, 0.05) is 43.6 Å². The summed E-state index contributed by atoms with van der Waals surface area (Å²) in [6.07, 6.45) is 4.36. The molecule has 0 spiro atoms. The number of hydrogen-bond acceptors (Lipinski definition) is 5. The zero-order chi connectivity index (χ0) is 24.1. The van der Waals surface area contributed by atoms with Crippen LogP contribution in [0.3, 0.4) is 0 Å². The number of amides is 3. The van der Waals surface area contributed by atoms with E-state index >= 15 is 0 Å². The van der Waals surface area contributed by atoms with Crippen molar-refractivity contribution in [3.8, 4) is 0 Å². The minimum absolute atomic E-state index is 0.123. The summed E-state index contributed by atoms with van der Waals surface area (Å²) in [5.41, 5.74) is 2.39. The molecule has 174 valence electrons.